The molecule has 0 saturated heterocycles. The van der Waals surface area contributed by atoms with Crippen LogP contribution in [-0.4, -0.2) is 40.1 Å². The number of nitrogens with zero attached hydrogens (tertiary/aromatic N) is 1. The average Bonchev–Trinajstić information content (AvgIpc) is 2.44. The third-order valence-corrected chi connectivity index (χ3v) is 2.26. The highest BCUT2D eigenvalue weighted by Crippen LogP contribution is 2.40. The van der Waals surface area contributed by atoms with E-state index in [0.717, 1.165) is 6.21 Å². The van der Waals surface area contributed by atoms with Gasteiger partial charge in [0.05, 0.1) is 33.6 Å². The van der Waals surface area contributed by atoms with E-state index in [2.05, 4.69) is 4.99 Å². The number of ether oxygens (including phenoxy) is 4. The van der Waals surface area contributed by atoms with Crippen LogP contribution in [0.25, 0.3) is 0 Å². The van der Waals surface area contributed by atoms with Gasteiger partial charge in [0.2, 0.25) is 5.75 Å². The third-order valence-electron chi connectivity index (χ3n) is 2.26. The molecule has 1 rings (SSSR count). The number of hydrogen-bond acceptors (Lipinski definition) is 6. The standard InChI is InChI=1S/C13H17NO5/c1-5-19-12(15)8-14-9-6-10(16-2)13(18-4)11(7-9)17-3/h6-8H,5H2,1-4H3. The van der Waals surface area contributed by atoms with Crippen LogP contribution in [0.15, 0.2) is 17.1 Å². The van der Waals surface area contributed by atoms with Crippen LogP contribution < -0.4 is 14.2 Å². The Labute approximate surface area is 111 Å². The maximum absolute atomic E-state index is 11.2. The van der Waals surface area contributed by atoms with Gasteiger partial charge in [0.25, 0.3) is 0 Å². The first-order valence-corrected chi connectivity index (χ1v) is 5.67. The van der Waals surface area contributed by atoms with E-state index >= 15 is 0 Å². The molecule has 0 aliphatic carbocycles. The molecule has 0 atom stereocenters. The van der Waals surface area contributed by atoms with Crippen molar-refractivity contribution in [3.8, 4) is 17.2 Å². The smallest absolute Gasteiger partial charge is 0.349 e. The molecule has 0 aromatic heterocycles. The Morgan fingerprint density at radius 2 is 1.74 bits per heavy atom. The maximum Gasteiger partial charge on any atom is 0.349 e. The topological polar surface area (TPSA) is 66.4 Å². The molecule has 0 bridgehead atoms. The number of carbonyl (C=O) groups is 1. The Kier molecular flexibility index (Phi) is 5.66. The van der Waals surface area contributed by atoms with Gasteiger partial charge in [0.1, 0.15) is 6.21 Å². The Hall–Kier alpha value is -2.24. The highest BCUT2D eigenvalue weighted by Gasteiger charge is 2.12. The first-order valence-electron chi connectivity index (χ1n) is 5.67. The summed E-state index contributed by atoms with van der Waals surface area (Å²) in [4.78, 5) is 15.2. The minimum absolute atomic E-state index is 0.306. The van der Waals surface area contributed by atoms with E-state index < -0.39 is 5.97 Å². The third kappa shape index (κ3) is 3.87. The van der Waals surface area contributed by atoms with Gasteiger partial charge in [-0.15, -0.1) is 0 Å². The summed E-state index contributed by atoms with van der Waals surface area (Å²) in [6, 6.07) is 3.27. The van der Waals surface area contributed by atoms with E-state index in [1.807, 2.05) is 0 Å². The number of esters is 1. The largest absolute Gasteiger partial charge is 0.493 e. The molecule has 0 amide bonds. The molecular weight excluding hydrogens is 250 g/mol. The summed E-state index contributed by atoms with van der Waals surface area (Å²) in [5.74, 6) is 0.909. The molecule has 0 aliphatic heterocycles. The van der Waals surface area contributed by atoms with Crippen LogP contribution in [0.5, 0.6) is 17.2 Å². The lowest BCUT2D eigenvalue weighted by Gasteiger charge is -2.12. The molecular formula is C13H17NO5. The molecule has 0 unspecified atom stereocenters. The fourth-order valence-corrected chi connectivity index (χ4v) is 1.45. The monoisotopic (exact) mass is 267 g/mol. The normalized spacial score (nSPS) is 10.3. The fourth-order valence-electron chi connectivity index (χ4n) is 1.45. The molecule has 1 aromatic carbocycles. The van der Waals surface area contributed by atoms with E-state index in [-0.39, 0.29) is 0 Å². The summed E-state index contributed by atoms with van der Waals surface area (Å²) in [7, 11) is 4.54. The minimum Gasteiger partial charge on any atom is -0.493 e. The molecule has 0 heterocycles. The van der Waals surface area contributed by atoms with Crippen LogP contribution in [-0.2, 0) is 9.53 Å². The van der Waals surface area contributed by atoms with Gasteiger partial charge in [0.15, 0.2) is 11.5 Å². The minimum atomic E-state index is -0.503. The maximum atomic E-state index is 11.2. The average molecular weight is 267 g/mol. The first kappa shape index (κ1) is 14.8. The first-order chi connectivity index (χ1) is 9.15. The zero-order valence-electron chi connectivity index (χ0n) is 11.4. The molecule has 6 heteroatoms. The number of carbonyl (C=O) groups excluding carboxylic acids is 1. The van der Waals surface area contributed by atoms with Crippen LogP contribution in [0.2, 0.25) is 0 Å². The lowest BCUT2D eigenvalue weighted by molar-refractivity contribution is -0.134. The van der Waals surface area contributed by atoms with E-state index in [0.29, 0.717) is 29.5 Å². The molecule has 1 aromatic rings. The van der Waals surface area contributed by atoms with Gasteiger partial charge >= 0.3 is 5.97 Å². The van der Waals surface area contributed by atoms with Crippen LogP contribution in [0.4, 0.5) is 5.69 Å². The number of methoxy groups -OCH3 is 3. The summed E-state index contributed by atoms with van der Waals surface area (Å²) in [5, 5.41) is 0. The molecule has 0 spiro atoms. The molecule has 0 saturated carbocycles. The predicted octanol–water partition coefficient (Wildman–Crippen LogP) is 1.98. The summed E-state index contributed by atoms with van der Waals surface area (Å²) in [5.41, 5.74) is 0.502. The fraction of sp³-hybridized carbons (Fsp3) is 0.385. The lowest BCUT2D eigenvalue weighted by Crippen LogP contribution is -2.04. The lowest BCUT2D eigenvalue weighted by atomic mass is 10.2. The molecule has 0 N–H and O–H groups in total. The summed E-state index contributed by atoms with van der Waals surface area (Å²) in [6.45, 7) is 2.03. The zero-order valence-corrected chi connectivity index (χ0v) is 11.4. The van der Waals surface area contributed by atoms with Crippen molar-refractivity contribution < 1.29 is 23.7 Å². The van der Waals surface area contributed by atoms with Crippen LogP contribution >= 0.6 is 0 Å². The number of hydrogen-bond donors (Lipinski definition) is 0. The quantitative estimate of drug-likeness (QED) is 0.582. The molecule has 19 heavy (non-hydrogen) atoms. The van der Waals surface area contributed by atoms with Crippen molar-refractivity contribution in [2.75, 3.05) is 27.9 Å². The molecule has 104 valence electrons. The Bertz CT molecular complexity index is 445. The van der Waals surface area contributed by atoms with Gasteiger partial charge in [-0.25, -0.2) is 9.79 Å². The highest BCUT2D eigenvalue weighted by atomic mass is 16.5. The van der Waals surface area contributed by atoms with Crippen molar-refractivity contribution in [1.29, 1.82) is 0 Å². The second-order valence-electron chi connectivity index (χ2n) is 3.39. The number of rotatable bonds is 6. The van der Waals surface area contributed by atoms with Gasteiger partial charge in [-0.05, 0) is 6.92 Å². The van der Waals surface area contributed by atoms with Crippen LogP contribution in [0.3, 0.4) is 0 Å². The molecule has 0 aliphatic rings. The van der Waals surface area contributed by atoms with Gasteiger partial charge in [-0.1, -0.05) is 0 Å². The van der Waals surface area contributed by atoms with Crippen molar-refractivity contribution >= 4 is 17.9 Å². The van der Waals surface area contributed by atoms with Crippen molar-refractivity contribution in [3.05, 3.63) is 12.1 Å². The number of aliphatic imine (C=N–C) groups is 1. The zero-order chi connectivity index (χ0) is 14.3. The van der Waals surface area contributed by atoms with Gasteiger partial charge < -0.3 is 18.9 Å². The molecule has 0 radical (unpaired) electrons. The van der Waals surface area contributed by atoms with Crippen LogP contribution in [0.1, 0.15) is 6.92 Å². The SMILES string of the molecule is CCOC(=O)C=Nc1cc(OC)c(OC)c(OC)c1. The number of benzene rings is 1. The Balaban J connectivity index is 3.06. The van der Waals surface area contributed by atoms with E-state index in [1.165, 1.54) is 21.3 Å². The van der Waals surface area contributed by atoms with Crippen molar-refractivity contribution in [2.45, 2.75) is 6.92 Å². The van der Waals surface area contributed by atoms with Gasteiger partial charge in [-0.2, -0.15) is 0 Å². The Morgan fingerprint density at radius 3 is 2.16 bits per heavy atom. The Morgan fingerprint density at radius 1 is 1.16 bits per heavy atom. The molecule has 6 nitrogen and oxygen atoms in total. The van der Waals surface area contributed by atoms with Crippen LogP contribution in [0, 0.1) is 0 Å². The predicted molar refractivity (Wildman–Crippen MR) is 70.9 cm³/mol. The second-order valence-corrected chi connectivity index (χ2v) is 3.39. The van der Waals surface area contributed by atoms with E-state index in [4.69, 9.17) is 18.9 Å². The van der Waals surface area contributed by atoms with Crippen molar-refractivity contribution in [3.63, 3.8) is 0 Å². The summed E-state index contributed by atoms with van der Waals surface area (Å²) < 4.78 is 20.3. The van der Waals surface area contributed by atoms with Gasteiger partial charge in [0, 0.05) is 12.1 Å². The summed E-state index contributed by atoms with van der Waals surface area (Å²) >= 11 is 0. The summed E-state index contributed by atoms with van der Waals surface area (Å²) in [6.07, 6.45) is 1.10. The van der Waals surface area contributed by atoms with Gasteiger partial charge in [-0.3, -0.25) is 0 Å². The van der Waals surface area contributed by atoms with Crippen molar-refractivity contribution in [2.24, 2.45) is 4.99 Å². The highest BCUT2D eigenvalue weighted by molar-refractivity contribution is 6.23. The van der Waals surface area contributed by atoms with E-state index in [9.17, 15) is 4.79 Å². The van der Waals surface area contributed by atoms with Crippen molar-refractivity contribution in [1.82, 2.24) is 0 Å². The molecule has 0 fully saturated rings. The second kappa shape index (κ2) is 7.25. The van der Waals surface area contributed by atoms with E-state index in [1.54, 1.807) is 19.1 Å².